The Morgan fingerprint density at radius 3 is 1.85 bits per heavy atom. The van der Waals surface area contributed by atoms with Gasteiger partial charge in [0.15, 0.2) is 0 Å². The third kappa shape index (κ3) is 2.22. The van der Waals surface area contributed by atoms with Crippen LogP contribution < -0.4 is 0 Å². The van der Waals surface area contributed by atoms with E-state index < -0.39 is 0 Å². The van der Waals surface area contributed by atoms with Gasteiger partial charge in [-0.2, -0.15) is 0 Å². The van der Waals surface area contributed by atoms with Crippen LogP contribution >= 0.6 is 0 Å². The molecule has 0 radical (unpaired) electrons. The van der Waals surface area contributed by atoms with Crippen LogP contribution in [0.2, 0.25) is 0 Å². The summed E-state index contributed by atoms with van der Waals surface area (Å²) in [6.07, 6.45) is 7.60. The molecule has 1 aromatic carbocycles. The molecule has 0 fully saturated rings. The second-order valence-electron chi connectivity index (χ2n) is 2.79. The molecule has 0 saturated heterocycles. The van der Waals surface area contributed by atoms with Crippen LogP contribution in [0.25, 0.3) is 12.2 Å². The van der Waals surface area contributed by atoms with Gasteiger partial charge in [-0.3, -0.25) is 0 Å². The largest absolute Gasteiger partial charge is 0.507 e. The third-order valence-electron chi connectivity index (χ3n) is 1.79. The van der Waals surface area contributed by atoms with E-state index in [2.05, 4.69) is 0 Å². The molecule has 68 valence electrons. The predicted molar refractivity (Wildman–Crippen MR) is 57.5 cm³/mol. The normalized spacial score (nSPS) is 11.5. The summed E-state index contributed by atoms with van der Waals surface area (Å²) in [5.74, 6) is 0.346. The van der Waals surface area contributed by atoms with Crippen LogP contribution in [0.1, 0.15) is 25.0 Å². The maximum atomic E-state index is 9.75. The van der Waals surface area contributed by atoms with Gasteiger partial charge in [-0.05, 0) is 13.8 Å². The predicted octanol–water partition coefficient (Wildman–Crippen LogP) is 3.46. The Morgan fingerprint density at radius 2 is 1.46 bits per heavy atom. The smallest absolute Gasteiger partial charge is 0.129 e. The molecule has 1 heteroatoms. The molecule has 0 spiro atoms. The molecule has 0 aliphatic rings. The lowest BCUT2D eigenvalue weighted by atomic mass is 10.1. The molecule has 0 aliphatic heterocycles. The number of benzene rings is 1. The fourth-order valence-corrected chi connectivity index (χ4v) is 1.21. The van der Waals surface area contributed by atoms with Crippen molar-refractivity contribution in [3.05, 3.63) is 41.5 Å². The molecule has 0 amide bonds. The van der Waals surface area contributed by atoms with Crippen molar-refractivity contribution in [1.29, 1.82) is 0 Å². The van der Waals surface area contributed by atoms with Gasteiger partial charge in [-0.15, -0.1) is 0 Å². The van der Waals surface area contributed by atoms with Crippen molar-refractivity contribution in [2.24, 2.45) is 0 Å². The van der Waals surface area contributed by atoms with Crippen LogP contribution in [-0.4, -0.2) is 5.11 Å². The van der Waals surface area contributed by atoms with Gasteiger partial charge in [-0.25, -0.2) is 0 Å². The number of phenols is 1. The van der Waals surface area contributed by atoms with Crippen molar-refractivity contribution in [3.63, 3.8) is 0 Å². The first-order chi connectivity index (χ1) is 6.29. The molecule has 0 unspecified atom stereocenters. The van der Waals surface area contributed by atoms with Crippen molar-refractivity contribution in [2.75, 3.05) is 0 Å². The van der Waals surface area contributed by atoms with Gasteiger partial charge >= 0.3 is 0 Å². The number of phenolic OH excluding ortho intramolecular Hbond substituents is 1. The molecule has 0 bridgehead atoms. The van der Waals surface area contributed by atoms with Crippen molar-refractivity contribution in [2.45, 2.75) is 13.8 Å². The van der Waals surface area contributed by atoms with E-state index in [1.807, 2.05) is 56.4 Å². The summed E-state index contributed by atoms with van der Waals surface area (Å²) in [6, 6.07) is 5.72. The summed E-state index contributed by atoms with van der Waals surface area (Å²) in [5, 5.41) is 9.75. The molecule has 0 atom stereocenters. The van der Waals surface area contributed by atoms with E-state index in [0.717, 1.165) is 11.1 Å². The van der Waals surface area contributed by atoms with E-state index >= 15 is 0 Å². The average Bonchev–Trinajstić information content (AvgIpc) is 2.13. The Balaban J connectivity index is 3.17. The minimum Gasteiger partial charge on any atom is -0.507 e. The first-order valence-corrected chi connectivity index (χ1v) is 4.37. The first-order valence-electron chi connectivity index (χ1n) is 4.37. The molecule has 1 nitrogen and oxygen atoms in total. The molecule has 0 heterocycles. The third-order valence-corrected chi connectivity index (χ3v) is 1.79. The van der Waals surface area contributed by atoms with Crippen LogP contribution in [0.15, 0.2) is 30.4 Å². The van der Waals surface area contributed by atoms with Gasteiger partial charge in [0.05, 0.1) is 0 Å². The highest BCUT2D eigenvalue weighted by atomic mass is 16.3. The lowest BCUT2D eigenvalue weighted by molar-refractivity contribution is 0.473. The number of rotatable bonds is 2. The van der Waals surface area contributed by atoms with Gasteiger partial charge in [-0.1, -0.05) is 42.5 Å². The fraction of sp³-hybridized carbons (Fsp3) is 0.167. The first kappa shape index (κ1) is 9.59. The molecule has 0 aromatic heterocycles. The van der Waals surface area contributed by atoms with Crippen molar-refractivity contribution in [1.82, 2.24) is 0 Å². The molecular formula is C12H14O. The van der Waals surface area contributed by atoms with Crippen molar-refractivity contribution >= 4 is 12.2 Å². The number of hydrogen-bond donors (Lipinski definition) is 1. The topological polar surface area (TPSA) is 20.2 Å². The van der Waals surface area contributed by atoms with E-state index in [1.165, 1.54) is 0 Å². The van der Waals surface area contributed by atoms with Crippen LogP contribution in [0.3, 0.4) is 0 Å². The minimum absolute atomic E-state index is 0.346. The van der Waals surface area contributed by atoms with Crippen molar-refractivity contribution in [3.8, 4) is 5.75 Å². The Hall–Kier alpha value is -1.50. The molecule has 0 aliphatic carbocycles. The summed E-state index contributed by atoms with van der Waals surface area (Å²) in [4.78, 5) is 0. The lowest BCUT2D eigenvalue weighted by Gasteiger charge is -2.02. The summed E-state index contributed by atoms with van der Waals surface area (Å²) in [6.45, 7) is 3.86. The number of hydrogen-bond acceptors (Lipinski definition) is 1. The fourth-order valence-electron chi connectivity index (χ4n) is 1.21. The van der Waals surface area contributed by atoms with Crippen molar-refractivity contribution < 1.29 is 5.11 Å². The summed E-state index contributed by atoms with van der Waals surface area (Å²) < 4.78 is 0. The molecule has 1 N–H and O–H groups in total. The zero-order valence-electron chi connectivity index (χ0n) is 7.99. The van der Waals surface area contributed by atoms with E-state index in [4.69, 9.17) is 0 Å². The second-order valence-corrected chi connectivity index (χ2v) is 2.79. The van der Waals surface area contributed by atoms with Gasteiger partial charge in [0.2, 0.25) is 0 Å². The second kappa shape index (κ2) is 4.51. The molecule has 1 aromatic rings. The summed E-state index contributed by atoms with van der Waals surface area (Å²) in [5.41, 5.74) is 1.72. The van der Waals surface area contributed by atoms with E-state index in [9.17, 15) is 5.11 Å². The highest BCUT2D eigenvalue weighted by molar-refractivity contribution is 5.66. The van der Waals surface area contributed by atoms with E-state index in [-0.39, 0.29) is 0 Å². The van der Waals surface area contributed by atoms with Gasteiger partial charge in [0.1, 0.15) is 5.75 Å². The van der Waals surface area contributed by atoms with Crippen LogP contribution in [0.5, 0.6) is 5.75 Å². The monoisotopic (exact) mass is 174 g/mol. The Kier molecular flexibility index (Phi) is 3.32. The number of para-hydroxylation sites is 1. The maximum Gasteiger partial charge on any atom is 0.129 e. The Labute approximate surface area is 79.0 Å². The molecular weight excluding hydrogens is 160 g/mol. The zero-order chi connectivity index (χ0) is 9.68. The summed E-state index contributed by atoms with van der Waals surface area (Å²) in [7, 11) is 0. The van der Waals surface area contributed by atoms with E-state index in [1.54, 1.807) is 0 Å². The quantitative estimate of drug-likeness (QED) is 0.728. The molecule has 13 heavy (non-hydrogen) atoms. The highest BCUT2D eigenvalue weighted by Crippen LogP contribution is 2.24. The highest BCUT2D eigenvalue weighted by Gasteiger charge is 2.00. The summed E-state index contributed by atoms with van der Waals surface area (Å²) >= 11 is 0. The molecule has 1 rings (SSSR count). The minimum atomic E-state index is 0.346. The van der Waals surface area contributed by atoms with Gasteiger partial charge in [0.25, 0.3) is 0 Å². The van der Waals surface area contributed by atoms with E-state index in [0.29, 0.717) is 5.75 Å². The zero-order valence-corrected chi connectivity index (χ0v) is 7.99. The maximum absolute atomic E-state index is 9.75. The van der Waals surface area contributed by atoms with Gasteiger partial charge in [0, 0.05) is 11.1 Å². The van der Waals surface area contributed by atoms with Crippen LogP contribution in [0, 0.1) is 0 Å². The SMILES string of the molecule is CC=Cc1cccc(C=CC)c1O. The van der Waals surface area contributed by atoms with Gasteiger partial charge < -0.3 is 5.11 Å². The number of aromatic hydroxyl groups is 1. The Bertz CT molecular complexity index is 305. The lowest BCUT2D eigenvalue weighted by Crippen LogP contribution is -1.78. The number of allylic oxidation sites excluding steroid dienone is 2. The Morgan fingerprint density at radius 1 is 1.00 bits per heavy atom. The van der Waals surface area contributed by atoms with Crippen LogP contribution in [0.4, 0.5) is 0 Å². The molecule has 0 saturated carbocycles. The van der Waals surface area contributed by atoms with Crippen LogP contribution in [-0.2, 0) is 0 Å². The standard InChI is InChI=1S/C12H14O/c1-3-6-10-8-5-9-11(7-4-2)12(10)13/h3-9,13H,1-2H3. The average molecular weight is 174 g/mol.